The first-order valence-electron chi connectivity index (χ1n) is 26.3. The van der Waals surface area contributed by atoms with Crippen LogP contribution in [0.25, 0.3) is 0 Å². The lowest BCUT2D eigenvalue weighted by Gasteiger charge is -2.34. The summed E-state index contributed by atoms with van der Waals surface area (Å²) in [4.78, 5) is 13.4. The van der Waals surface area contributed by atoms with Crippen LogP contribution in [0.3, 0.4) is 0 Å². The van der Waals surface area contributed by atoms with Crippen LogP contribution in [0.4, 0.5) is 0 Å². The van der Waals surface area contributed by atoms with Crippen molar-refractivity contribution in [1.82, 2.24) is 16.0 Å². The van der Waals surface area contributed by atoms with E-state index in [1.54, 1.807) is 0 Å². The minimum absolute atomic E-state index is 0.00522. The molecular formula is C52H107N6O3+. The lowest BCUT2D eigenvalue weighted by molar-refractivity contribution is -0.895. The summed E-state index contributed by atoms with van der Waals surface area (Å²) in [6.45, 7) is 11.7. The normalized spacial score (nSPS) is 13.2. The molecule has 0 saturated carbocycles. The van der Waals surface area contributed by atoms with Crippen LogP contribution in [0.1, 0.15) is 213 Å². The molecule has 0 aromatic carbocycles. The van der Waals surface area contributed by atoms with Crippen molar-refractivity contribution in [2.24, 2.45) is 11.5 Å². The molecule has 7 N–H and O–H groups in total. The highest BCUT2D eigenvalue weighted by atomic mass is 16.5. The van der Waals surface area contributed by atoms with Gasteiger partial charge in [0.1, 0.15) is 12.6 Å². The highest BCUT2D eigenvalue weighted by molar-refractivity contribution is 5.81. The molecule has 0 aliphatic heterocycles. The summed E-state index contributed by atoms with van der Waals surface area (Å²) in [6, 6.07) is -0.254. The zero-order valence-corrected chi connectivity index (χ0v) is 41.3. The number of nitrogens with one attached hydrogen (secondary N) is 3. The second-order valence-electron chi connectivity index (χ2n) is 18.6. The molecule has 362 valence electrons. The van der Waals surface area contributed by atoms with Gasteiger partial charge in [0, 0.05) is 13.2 Å². The van der Waals surface area contributed by atoms with Gasteiger partial charge in [-0.3, -0.25) is 4.79 Å². The maximum absolute atomic E-state index is 13.4. The van der Waals surface area contributed by atoms with Crippen molar-refractivity contribution in [2.75, 3.05) is 79.9 Å². The van der Waals surface area contributed by atoms with Crippen LogP contribution < -0.4 is 27.4 Å². The molecule has 0 aromatic heterocycles. The van der Waals surface area contributed by atoms with Gasteiger partial charge in [-0.15, -0.1) is 0 Å². The average molecular weight is 864 g/mol. The predicted molar refractivity (Wildman–Crippen MR) is 266 cm³/mol. The van der Waals surface area contributed by atoms with Crippen molar-refractivity contribution >= 4 is 5.91 Å². The van der Waals surface area contributed by atoms with E-state index in [0.29, 0.717) is 30.8 Å². The molecule has 1 amide bonds. The molecule has 9 nitrogen and oxygen atoms in total. The molecule has 0 aromatic rings. The monoisotopic (exact) mass is 864 g/mol. The summed E-state index contributed by atoms with van der Waals surface area (Å²) in [5.41, 5.74) is 11.4. The molecule has 0 aliphatic rings. The fourth-order valence-electron chi connectivity index (χ4n) is 7.75. The molecule has 0 saturated heterocycles. The Kier molecular flexibility index (Phi) is 47.1. The maximum atomic E-state index is 13.4. The fourth-order valence-corrected chi connectivity index (χ4v) is 7.75. The molecule has 0 rings (SSSR count). The van der Waals surface area contributed by atoms with Gasteiger partial charge in [-0.25, -0.2) is 0 Å². The van der Waals surface area contributed by atoms with Gasteiger partial charge in [-0.2, -0.15) is 0 Å². The Morgan fingerprint density at radius 1 is 0.557 bits per heavy atom. The molecule has 2 unspecified atom stereocenters. The molecule has 0 heterocycles. The molecule has 61 heavy (non-hydrogen) atoms. The third-order valence-electron chi connectivity index (χ3n) is 11.7. The van der Waals surface area contributed by atoms with Crippen LogP contribution in [0, 0.1) is 0 Å². The van der Waals surface area contributed by atoms with E-state index in [9.17, 15) is 4.79 Å². The van der Waals surface area contributed by atoms with E-state index in [1.807, 2.05) is 0 Å². The summed E-state index contributed by atoms with van der Waals surface area (Å²) in [5, 5.41) is 10.1. The number of carbonyl (C=O) groups excluding carboxylic acids is 1. The predicted octanol–water partition coefficient (Wildman–Crippen LogP) is 11.2. The molecule has 0 aliphatic carbocycles. The molecule has 0 radical (unpaired) electrons. The highest BCUT2D eigenvalue weighted by Crippen LogP contribution is 2.13. The minimum atomic E-state index is -0.254. The number of carbonyl (C=O) groups is 1. The van der Waals surface area contributed by atoms with Crippen molar-refractivity contribution in [3.63, 3.8) is 0 Å². The maximum Gasteiger partial charge on any atom is 0.241 e. The van der Waals surface area contributed by atoms with E-state index in [1.165, 1.54) is 167 Å². The number of nitrogens with zero attached hydrogens (tertiary/aromatic N) is 1. The Labute approximate surface area is 380 Å². The number of likely N-dealkylation sites (N-methyl/N-ethyl adjacent to an activating group) is 1. The van der Waals surface area contributed by atoms with Crippen LogP contribution >= 0.6 is 0 Å². The SMILES string of the molecule is CCCCCCCC/C=C\CCCCCCCCOCC(C[N+](C)(C)CNC(=O)C(CCNCCCN)NCCCN)OCCCCCCCC/C=C\CCCCCCCC. The molecule has 9 heteroatoms. The standard InChI is InChI=1S/C52H106N6O3/c1-5-7-9-11-13-15-17-19-21-23-25-27-29-31-33-35-45-60-48-50(61-46-36-34-32-30-28-26-24-22-20-18-16-14-12-10-8-6-2)47-58(3,4)49-57-52(59)51(56-43-38-41-54)39-44-55-42-37-40-53/h19-22,50-51,55-56H,5-18,23-49,53-54H2,1-4H3/p+1/b21-19-,22-20-. The summed E-state index contributed by atoms with van der Waals surface area (Å²) in [5.74, 6) is 0.0433. The lowest BCUT2D eigenvalue weighted by atomic mass is 10.1. The molecule has 2 atom stereocenters. The second kappa shape index (κ2) is 48.1. The molecular weight excluding hydrogens is 757 g/mol. The van der Waals surface area contributed by atoms with E-state index in [-0.39, 0.29) is 18.1 Å². The van der Waals surface area contributed by atoms with Gasteiger partial charge in [0.05, 0.1) is 26.7 Å². The van der Waals surface area contributed by atoms with Crippen molar-refractivity contribution in [3.8, 4) is 0 Å². The van der Waals surface area contributed by atoms with Gasteiger partial charge in [-0.05, 0) is 116 Å². The first-order chi connectivity index (χ1) is 29.9. The van der Waals surface area contributed by atoms with Gasteiger partial charge in [0.25, 0.3) is 0 Å². The van der Waals surface area contributed by atoms with Crippen molar-refractivity contribution in [1.29, 1.82) is 0 Å². The molecule has 0 spiro atoms. The van der Waals surface area contributed by atoms with Crippen molar-refractivity contribution in [2.45, 2.75) is 225 Å². The summed E-state index contributed by atoms with van der Waals surface area (Å²) < 4.78 is 13.4. The number of ether oxygens (including phenoxy) is 2. The number of rotatable bonds is 50. The highest BCUT2D eigenvalue weighted by Gasteiger charge is 2.26. The van der Waals surface area contributed by atoms with Crippen LogP contribution in [0.15, 0.2) is 24.3 Å². The van der Waals surface area contributed by atoms with E-state index >= 15 is 0 Å². The molecule has 0 fully saturated rings. The number of quaternary nitrogens is 1. The Balaban J connectivity index is 4.63. The van der Waals surface area contributed by atoms with Gasteiger partial charge < -0.3 is 41.4 Å². The number of amides is 1. The lowest BCUT2D eigenvalue weighted by Crippen LogP contribution is -2.56. The Hall–Kier alpha value is -1.33. The zero-order chi connectivity index (χ0) is 44.6. The third-order valence-corrected chi connectivity index (χ3v) is 11.7. The number of unbranched alkanes of at least 4 members (excludes halogenated alkanes) is 24. The number of allylic oxidation sites excluding steroid dienone is 4. The van der Waals surface area contributed by atoms with Gasteiger partial charge in [-0.1, -0.05) is 154 Å². The summed E-state index contributed by atoms with van der Waals surface area (Å²) in [7, 11) is 4.36. The summed E-state index contributed by atoms with van der Waals surface area (Å²) >= 11 is 0. The first-order valence-corrected chi connectivity index (χ1v) is 26.3. The Morgan fingerprint density at radius 2 is 1.00 bits per heavy atom. The van der Waals surface area contributed by atoms with Crippen LogP contribution in [0.2, 0.25) is 0 Å². The first kappa shape index (κ1) is 59.7. The third kappa shape index (κ3) is 45.1. The van der Waals surface area contributed by atoms with E-state index in [4.69, 9.17) is 20.9 Å². The summed E-state index contributed by atoms with van der Waals surface area (Å²) in [6.07, 6.45) is 48.7. The number of nitrogens with two attached hydrogens (primary N) is 2. The smallest absolute Gasteiger partial charge is 0.241 e. The fraction of sp³-hybridized carbons (Fsp3) is 0.904. The van der Waals surface area contributed by atoms with E-state index in [0.717, 1.165) is 71.5 Å². The van der Waals surface area contributed by atoms with Crippen LogP contribution in [0.5, 0.6) is 0 Å². The topological polar surface area (TPSA) is 124 Å². The Morgan fingerprint density at radius 3 is 1.49 bits per heavy atom. The Bertz CT molecular complexity index is 948. The van der Waals surface area contributed by atoms with E-state index in [2.05, 4.69) is 68.2 Å². The second-order valence-corrected chi connectivity index (χ2v) is 18.6. The van der Waals surface area contributed by atoms with E-state index < -0.39 is 0 Å². The minimum Gasteiger partial charge on any atom is -0.379 e. The average Bonchev–Trinajstić information content (AvgIpc) is 3.25. The number of hydrogen-bond acceptors (Lipinski definition) is 7. The van der Waals surface area contributed by atoms with Crippen LogP contribution in [-0.2, 0) is 14.3 Å². The number of hydrogen-bond donors (Lipinski definition) is 5. The van der Waals surface area contributed by atoms with Gasteiger partial charge >= 0.3 is 0 Å². The zero-order valence-electron chi connectivity index (χ0n) is 41.3. The van der Waals surface area contributed by atoms with Gasteiger partial charge in [0.15, 0.2) is 6.67 Å². The van der Waals surface area contributed by atoms with Gasteiger partial charge in [0.2, 0.25) is 5.91 Å². The van der Waals surface area contributed by atoms with Crippen LogP contribution in [-0.4, -0.2) is 102 Å². The largest absolute Gasteiger partial charge is 0.379 e. The molecule has 0 bridgehead atoms. The van der Waals surface area contributed by atoms with Crippen molar-refractivity contribution < 1.29 is 18.8 Å². The quantitative estimate of drug-likeness (QED) is 0.0179. The van der Waals surface area contributed by atoms with Crippen molar-refractivity contribution in [3.05, 3.63) is 24.3 Å².